The maximum Gasteiger partial charge on any atom is 0.257 e. The molecule has 1 aliphatic heterocycles. The van der Waals surface area contributed by atoms with Gasteiger partial charge < -0.3 is 4.90 Å². The molecular weight excluding hydrogens is 466 g/mol. The van der Waals surface area contributed by atoms with E-state index < -0.39 is 0 Å². The van der Waals surface area contributed by atoms with Crippen molar-refractivity contribution >= 4 is 21.8 Å². The van der Waals surface area contributed by atoms with E-state index in [1.165, 1.54) is 5.56 Å². The number of hydrogen-bond donors (Lipinski definition) is 0. The summed E-state index contributed by atoms with van der Waals surface area (Å²) in [6, 6.07) is 17.8. The van der Waals surface area contributed by atoms with Crippen LogP contribution in [0, 0.1) is 25.2 Å². The predicted molar refractivity (Wildman–Crippen MR) is 128 cm³/mol. The average Bonchev–Trinajstić information content (AvgIpc) is 2.95. The fraction of sp³-hybridized carbons (Fsp3) is 0.320. The number of aryl methyl sites for hydroxylation is 1. The van der Waals surface area contributed by atoms with Crippen LogP contribution in [-0.2, 0) is 6.54 Å². The molecule has 7 heteroatoms. The summed E-state index contributed by atoms with van der Waals surface area (Å²) in [7, 11) is 0. The Bertz CT molecular complexity index is 1140. The smallest absolute Gasteiger partial charge is 0.257 e. The largest absolute Gasteiger partial charge is 0.337 e. The minimum absolute atomic E-state index is 0.0589. The molecule has 164 valence electrons. The van der Waals surface area contributed by atoms with E-state index in [2.05, 4.69) is 32.0 Å². The Kier molecular flexibility index (Phi) is 6.73. The molecule has 0 spiro atoms. The lowest BCUT2D eigenvalue weighted by Crippen LogP contribution is -2.35. The first-order valence-electron chi connectivity index (χ1n) is 10.8. The molecule has 0 aliphatic carbocycles. The van der Waals surface area contributed by atoms with Crippen LogP contribution in [-0.4, -0.2) is 51.7 Å². The van der Waals surface area contributed by atoms with E-state index in [0.29, 0.717) is 17.7 Å². The molecule has 1 fully saturated rings. The zero-order valence-corrected chi connectivity index (χ0v) is 20.0. The Morgan fingerprint density at radius 2 is 1.75 bits per heavy atom. The molecule has 2 heterocycles. The van der Waals surface area contributed by atoms with Crippen molar-refractivity contribution in [2.24, 2.45) is 0 Å². The number of aromatic nitrogens is 2. The van der Waals surface area contributed by atoms with Gasteiger partial charge in [0.2, 0.25) is 0 Å². The normalized spacial score (nSPS) is 14.8. The molecule has 4 rings (SSSR count). The van der Waals surface area contributed by atoms with Crippen LogP contribution in [0.1, 0.15) is 39.3 Å². The summed E-state index contributed by atoms with van der Waals surface area (Å²) in [5, 5.41) is 13.6. The van der Waals surface area contributed by atoms with Crippen LogP contribution in [0.2, 0.25) is 0 Å². The lowest BCUT2D eigenvalue weighted by Gasteiger charge is -2.22. The van der Waals surface area contributed by atoms with Crippen LogP contribution in [0.15, 0.2) is 53.0 Å². The van der Waals surface area contributed by atoms with Gasteiger partial charge in [0, 0.05) is 37.2 Å². The Labute approximate surface area is 197 Å². The lowest BCUT2D eigenvalue weighted by molar-refractivity contribution is 0.0759. The second kappa shape index (κ2) is 9.68. The molecule has 0 bridgehead atoms. The number of amides is 1. The predicted octanol–water partition coefficient (Wildman–Crippen LogP) is 4.47. The van der Waals surface area contributed by atoms with E-state index in [-0.39, 0.29) is 5.91 Å². The summed E-state index contributed by atoms with van der Waals surface area (Å²) >= 11 is 3.46. The summed E-state index contributed by atoms with van der Waals surface area (Å²) in [5.41, 5.74) is 5.13. The maximum absolute atomic E-state index is 13.4. The van der Waals surface area contributed by atoms with Crippen molar-refractivity contribution in [1.82, 2.24) is 19.6 Å². The summed E-state index contributed by atoms with van der Waals surface area (Å²) in [4.78, 5) is 17.8. The van der Waals surface area contributed by atoms with E-state index in [4.69, 9.17) is 5.26 Å². The SMILES string of the molecule is Cc1nn(-c2ccc(Br)cc2)c(C)c1C(=O)N1CCCN(Cc2ccc(C#N)cc2)CC1. The van der Waals surface area contributed by atoms with Gasteiger partial charge in [-0.3, -0.25) is 9.69 Å². The molecule has 32 heavy (non-hydrogen) atoms. The Hall–Kier alpha value is -2.95. The highest BCUT2D eigenvalue weighted by molar-refractivity contribution is 9.10. The quantitative estimate of drug-likeness (QED) is 0.539. The van der Waals surface area contributed by atoms with Crippen molar-refractivity contribution in [3.05, 3.63) is 81.1 Å². The van der Waals surface area contributed by atoms with Gasteiger partial charge in [0.15, 0.2) is 0 Å². The third-order valence-corrected chi connectivity index (χ3v) is 6.47. The molecule has 3 aromatic rings. The molecule has 0 radical (unpaired) electrons. The van der Waals surface area contributed by atoms with Crippen LogP contribution in [0.4, 0.5) is 0 Å². The van der Waals surface area contributed by atoms with Crippen molar-refractivity contribution in [2.75, 3.05) is 26.2 Å². The van der Waals surface area contributed by atoms with E-state index >= 15 is 0 Å². The van der Waals surface area contributed by atoms with Gasteiger partial charge in [-0.2, -0.15) is 10.4 Å². The first kappa shape index (κ1) is 22.3. The molecule has 0 unspecified atom stereocenters. The highest BCUT2D eigenvalue weighted by Gasteiger charge is 2.26. The van der Waals surface area contributed by atoms with Crippen molar-refractivity contribution in [3.8, 4) is 11.8 Å². The van der Waals surface area contributed by atoms with Crippen molar-refractivity contribution in [3.63, 3.8) is 0 Å². The van der Waals surface area contributed by atoms with Gasteiger partial charge in [0.05, 0.1) is 34.3 Å². The van der Waals surface area contributed by atoms with Crippen molar-refractivity contribution in [2.45, 2.75) is 26.8 Å². The zero-order valence-electron chi connectivity index (χ0n) is 18.4. The molecular formula is C25H26BrN5O. The fourth-order valence-electron chi connectivity index (χ4n) is 4.22. The van der Waals surface area contributed by atoms with Gasteiger partial charge >= 0.3 is 0 Å². The molecule has 1 amide bonds. The van der Waals surface area contributed by atoms with E-state index in [0.717, 1.165) is 54.1 Å². The van der Waals surface area contributed by atoms with Gasteiger partial charge in [-0.05, 0) is 62.2 Å². The van der Waals surface area contributed by atoms with E-state index in [9.17, 15) is 4.79 Å². The van der Waals surface area contributed by atoms with Crippen LogP contribution in [0.3, 0.4) is 0 Å². The Morgan fingerprint density at radius 3 is 2.44 bits per heavy atom. The monoisotopic (exact) mass is 491 g/mol. The third-order valence-electron chi connectivity index (χ3n) is 5.94. The van der Waals surface area contributed by atoms with Crippen LogP contribution < -0.4 is 0 Å². The first-order chi connectivity index (χ1) is 15.5. The van der Waals surface area contributed by atoms with E-state index in [1.807, 2.05) is 72.0 Å². The number of carbonyl (C=O) groups excluding carboxylic acids is 1. The molecule has 1 aromatic heterocycles. The molecule has 1 saturated heterocycles. The standard InChI is InChI=1S/C25H26BrN5O/c1-18-24(19(2)31(28-18)23-10-8-22(26)9-11-23)25(32)30-13-3-12-29(14-15-30)17-21-6-4-20(16-27)5-7-21/h4-11H,3,12-15,17H2,1-2H3. The molecule has 1 aliphatic rings. The Balaban J connectivity index is 1.46. The van der Waals surface area contributed by atoms with Crippen LogP contribution in [0.5, 0.6) is 0 Å². The zero-order chi connectivity index (χ0) is 22.7. The van der Waals surface area contributed by atoms with Crippen molar-refractivity contribution < 1.29 is 4.79 Å². The van der Waals surface area contributed by atoms with Crippen LogP contribution in [0.25, 0.3) is 5.69 Å². The van der Waals surface area contributed by atoms with Crippen LogP contribution >= 0.6 is 15.9 Å². The number of nitriles is 1. The number of halogens is 1. The summed E-state index contributed by atoms with van der Waals surface area (Å²) < 4.78 is 2.86. The van der Waals surface area contributed by atoms with Gasteiger partial charge in [-0.1, -0.05) is 28.1 Å². The number of benzene rings is 2. The summed E-state index contributed by atoms with van der Waals surface area (Å²) in [6.07, 6.45) is 0.932. The lowest BCUT2D eigenvalue weighted by atomic mass is 10.1. The second-order valence-electron chi connectivity index (χ2n) is 8.16. The van der Waals surface area contributed by atoms with Gasteiger partial charge in [-0.15, -0.1) is 0 Å². The Morgan fingerprint density at radius 1 is 1.03 bits per heavy atom. The highest BCUT2D eigenvalue weighted by atomic mass is 79.9. The summed E-state index contributed by atoms with van der Waals surface area (Å²) in [6.45, 7) is 7.90. The fourth-order valence-corrected chi connectivity index (χ4v) is 4.48. The summed E-state index contributed by atoms with van der Waals surface area (Å²) in [5.74, 6) is 0.0589. The average molecular weight is 492 g/mol. The molecule has 6 nitrogen and oxygen atoms in total. The minimum Gasteiger partial charge on any atom is -0.337 e. The number of carbonyl (C=O) groups is 1. The van der Waals surface area contributed by atoms with Gasteiger partial charge in [0.1, 0.15) is 0 Å². The molecule has 2 aromatic carbocycles. The molecule has 0 N–H and O–H groups in total. The number of rotatable bonds is 4. The van der Waals surface area contributed by atoms with E-state index in [1.54, 1.807) is 0 Å². The second-order valence-corrected chi connectivity index (χ2v) is 9.08. The van der Waals surface area contributed by atoms with Gasteiger partial charge in [0.25, 0.3) is 5.91 Å². The number of hydrogen-bond acceptors (Lipinski definition) is 4. The molecule has 0 saturated carbocycles. The first-order valence-corrected chi connectivity index (χ1v) is 11.6. The van der Waals surface area contributed by atoms with Crippen molar-refractivity contribution in [1.29, 1.82) is 5.26 Å². The number of nitrogens with zero attached hydrogens (tertiary/aromatic N) is 5. The molecule has 0 atom stereocenters. The topological polar surface area (TPSA) is 65.2 Å². The minimum atomic E-state index is 0.0589. The van der Waals surface area contributed by atoms with Gasteiger partial charge in [-0.25, -0.2) is 4.68 Å². The highest BCUT2D eigenvalue weighted by Crippen LogP contribution is 2.22. The maximum atomic E-state index is 13.4. The third kappa shape index (κ3) is 4.77.